The van der Waals surface area contributed by atoms with E-state index in [2.05, 4.69) is 122 Å². The van der Waals surface area contributed by atoms with Crippen molar-refractivity contribution in [3.8, 4) is 11.1 Å². The molecule has 2 aromatic heterocycles. The number of hydrogen-bond acceptors (Lipinski definition) is 4. The van der Waals surface area contributed by atoms with E-state index in [0.717, 1.165) is 72.0 Å². The van der Waals surface area contributed by atoms with Gasteiger partial charge >= 0.3 is 0 Å². The maximum Gasteiger partial charge on any atom is 0.158 e. The monoisotopic (exact) mass is 646 g/mol. The van der Waals surface area contributed by atoms with Crippen LogP contribution < -0.4 is 11.1 Å². The summed E-state index contributed by atoms with van der Waals surface area (Å²) in [5.41, 5.74) is 20.9. The topological polar surface area (TPSA) is 64.3 Å². The summed E-state index contributed by atoms with van der Waals surface area (Å²) in [4.78, 5) is 0. The van der Waals surface area contributed by atoms with Crippen LogP contribution in [0.15, 0.2) is 156 Å². The molecule has 0 unspecified atom stereocenters. The lowest BCUT2D eigenvalue weighted by molar-refractivity contribution is 0.664. The highest BCUT2D eigenvalue weighted by molar-refractivity contribution is 6.16. The predicted octanol–water partition coefficient (Wildman–Crippen LogP) is 12.2. The van der Waals surface area contributed by atoms with Crippen LogP contribution in [-0.2, 0) is 5.41 Å². The number of benzene rings is 6. The first-order chi connectivity index (χ1) is 24.6. The Morgan fingerprint density at radius 1 is 0.680 bits per heavy atom. The van der Waals surface area contributed by atoms with Crippen molar-refractivity contribution in [3.05, 3.63) is 180 Å². The molecule has 3 N–H and O–H groups in total. The van der Waals surface area contributed by atoms with Crippen LogP contribution in [0.4, 0.5) is 11.4 Å². The first-order valence-corrected chi connectivity index (χ1v) is 16.8. The molecule has 0 saturated heterocycles. The summed E-state index contributed by atoms with van der Waals surface area (Å²) < 4.78 is 13.3. The van der Waals surface area contributed by atoms with E-state index in [1.807, 2.05) is 43.3 Å². The lowest BCUT2D eigenvalue weighted by Crippen LogP contribution is -2.30. The zero-order chi connectivity index (χ0) is 34.1. The number of allylic oxidation sites excluding steroid dienone is 2. The van der Waals surface area contributed by atoms with Crippen LogP contribution in [0.5, 0.6) is 0 Å². The number of fused-ring (bicyclic) bond motifs is 16. The molecule has 2 aliphatic carbocycles. The van der Waals surface area contributed by atoms with Crippen molar-refractivity contribution in [2.24, 2.45) is 0 Å². The van der Waals surface area contributed by atoms with Crippen LogP contribution in [0.2, 0.25) is 0 Å². The molecule has 0 radical (unpaired) electrons. The minimum atomic E-state index is -0.673. The number of nitrogens with two attached hydrogens (primary N) is 1. The van der Waals surface area contributed by atoms with Gasteiger partial charge in [0.2, 0.25) is 0 Å². The Bertz CT molecular complexity index is 2730. The molecule has 0 bridgehead atoms. The summed E-state index contributed by atoms with van der Waals surface area (Å²) in [7, 11) is 0. The Morgan fingerprint density at radius 2 is 1.36 bits per heavy atom. The Morgan fingerprint density at radius 3 is 2.10 bits per heavy atom. The third kappa shape index (κ3) is 3.81. The average molecular weight is 647 g/mol. The fourth-order valence-corrected chi connectivity index (χ4v) is 8.37. The molecule has 6 aromatic carbocycles. The average Bonchev–Trinajstić information content (AvgIpc) is 3.80. The predicted molar refractivity (Wildman–Crippen MR) is 210 cm³/mol. The molecule has 2 aliphatic rings. The normalized spacial score (nSPS) is 13.8. The number of anilines is 2. The summed E-state index contributed by atoms with van der Waals surface area (Å²) in [6.07, 6.45) is 8.36. The molecule has 0 amide bonds. The zero-order valence-electron chi connectivity index (χ0n) is 27.7. The standard InChI is InChI=1S/C44H30N2O2.C2H4/c1-3-26(4-2)46-38-24-36-30(43-41(38)31-14-7-10-19-39(31)47-43)21-20-25-22-40-32(29-15-11-18-37(45)42(29)48-40)23-35(25)44(36)33-16-8-5-12-27(33)28-13-6-9-17-34(28)44;1-2/h3-24,46H,1,45H2,2H3;1-2H2/b26-4+;. The Kier molecular flexibility index (Phi) is 6.52. The van der Waals surface area contributed by atoms with E-state index in [1.165, 1.54) is 27.8 Å². The van der Waals surface area contributed by atoms with Gasteiger partial charge in [-0.15, -0.1) is 13.2 Å². The first kappa shape index (κ1) is 29.6. The van der Waals surface area contributed by atoms with Gasteiger partial charge in [-0.3, -0.25) is 0 Å². The summed E-state index contributed by atoms with van der Waals surface area (Å²) in [6.45, 7) is 12.1. The zero-order valence-corrected chi connectivity index (χ0v) is 27.7. The van der Waals surface area contributed by atoms with Gasteiger partial charge in [0.1, 0.15) is 16.7 Å². The Balaban J connectivity index is 0.00000165. The number of para-hydroxylation sites is 2. The number of hydrogen-bond donors (Lipinski definition) is 2. The third-order valence-electron chi connectivity index (χ3n) is 10.4. The van der Waals surface area contributed by atoms with E-state index in [1.54, 1.807) is 0 Å². The number of nitrogens with one attached hydrogen (secondary N) is 1. The molecule has 1 spiro atoms. The highest BCUT2D eigenvalue weighted by atomic mass is 16.3. The molecule has 4 heteroatoms. The van der Waals surface area contributed by atoms with Gasteiger partial charge in [0, 0.05) is 27.4 Å². The fraction of sp³-hybridized carbons (Fsp3) is 0.0435. The molecular weight excluding hydrogens is 613 g/mol. The highest BCUT2D eigenvalue weighted by Crippen LogP contribution is 2.60. The van der Waals surface area contributed by atoms with Crippen molar-refractivity contribution < 1.29 is 8.83 Å². The molecule has 0 fully saturated rings. The molecule has 10 rings (SSSR count). The Hall–Kier alpha value is -6.52. The van der Waals surface area contributed by atoms with Crippen molar-refractivity contribution in [2.75, 3.05) is 11.1 Å². The number of rotatable bonds is 3. The van der Waals surface area contributed by atoms with Gasteiger partial charge in [-0.1, -0.05) is 104 Å². The van der Waals surface area contributed by atoms with E-state index >= 15 is 0 Å². The van der Waals surface area contributed by atoms with E-state index < -0.39 is 5.41 Å². The molecule has 4 nitrogen and oxygen atoms in total. The van der Waals surface area contributed by atoms with Crippen molar-refractivity contribution >= 4 is 67.4 Å². The van der Waals surface area contributed by atoms with Gasteiger partial charge in [-0.05, 0) is 82.3 Å². The van der Waals surface area contributed by atoms with Gasteiger partial charge in [-0.25, -0.2) is 0 Å². The molecule has 0 aliphatic heterocycles. The molecule has 0 atom stereocenters. The van der Waals surface area contributed by atoms with Gasteiger partial charge < -0.3 is 19.9 Å². The quantitative estimate of drug-likeness (QED) is 0.114. The van der Waals surface area contributed by atoms with E-state index in [4.69, 9.17) is 14.6 Å². The second kappa shape index (κ2) is 11.0. The molecule has 240 valence electrons. The third-order valence-corrected chi connectivity index (χ3v) is 10.4. The second-order valence-electron chi connectivity index (χ2n) is 12.7. The summed E-state index contributed by atoms with van der Waals surface area (Å²) in [6, 6.07) is 38.8. The SMILES string of the molecule is C=C.C=C/C(=C\C)Nc1cc2c(c3oc4ccccc4c13)C=Cc1cc3oc4c(N)cccc4c3cc1C21c2ccccc2-c2ccccc21. The summed E-state index contributed by atoms with van der Waals surface area (Å²) in [5, 5.41) is 7.90. The van der Waals surface area contributed by atoms with E-state index in [9.17, 15) is 0 Å². The summed E-state index contributed by atoms with van der Waals surface area (Å²) in [5.74, 6) is 0. The number of nitrogen functional groups attached to an aromatic ring is 1. The maximum atomic E-state index is 6.84. The van der Waals surface area contributed by atoms with Crippen molar-refractivity contribution in [1.29, 1.82) is 0 Å². The smallest absolute Gasteiger partial charge is 0.158 e. The summed E-state index contributed by atoms with van der Waals surface area (Å²) >= 11 is 0. The molecule has 50 heavy (non-hydrogen) atoms. The van der Waals surface area contributed by atoms with Gasteiger partial charge in [0.05, 0.1) is 22.2 Å². The molecule has 0 saturated carbocycles. The van der Waals surface area contributed by atoms with E-state index in [0.29, 0.717) is 5.69 Å². The van der Waals surface area contributed by atoms with Crippen LogP contribution in [0.1, 0.15) is 40.3 Å². The minimum absolute atomic E-state index is 0.635. The molecular formula is C46H34N2O2. The maximum absolute atomic E-state index is 6.84. The lowest BCUT2D eigenvalue weighted by Gasteiger charge is -2.35. The van der Waals surface area contributed by atoms with Crippen molar-refractivity contribution in [2.45, 2.75) is 12.3 Å². The van der Waals surface area contributed by atoms with Crippen LogP contribution in [0, 0.1) is 0 Å². The Labute approximate surface area is 290 Å². The van der Waals surface area contributed by atoms with Crippen molar-refractivity contribution in [1.82, 2.24) is 0 Å². The minimum Gasteiger partial charge on any atom is -0.455 e. The number of furan rings is 2. The largest absolute Gasteiger partial charge is 0.455 e. The second-order valence-corrected chi connectivity index (χ2v) is 12.7. The highest BCUT2D eigenvalue weighted by Gasteiger charge is 2.49. The van der Waals surface area contributed by atoms with E-state index in [-0.39, 0.29) is 0 Å². The van der Waals surface area contributed by atoms with Crippen LogP contribution >= 0.6 is 0 Å². The van der Waals surface area contributed by atoms with Crippen LogP contribution in [0.3, 0.4) is 0 Å². The fourth-order valence-electron chi connectivity index (χ4n) is 8.37. The van der Waals surface area contributed by atoms with Gasteiger partial charge in [0.25, 0.3) is 0 Å². The molecule has 8 aromatic rings. The first-order valence-electron chi connectivity index (χ1n) is 16.8. The van der Waals surface area contributed by atoms with Gasteiger partial charge in [0.15, 0.2) is 5.58 Å². The lowest BCUT2D eigenvalue weighted by atomic mass is 9.65. The van der Waals surface area contributed by atoms with Crippen LogP contribution in [0.25, 0.3) is 67.2 Å². The van der Waals surface area contributed by atoms with Crippen molar-refractivity contribution in [3.63, 3.8) is 0 Å². The molecule has 2 heterocycles. The van der Waals surface area contributed by atoms with Gasteiger partial charge in [-0.2, -0.15) is 0 Å². The van der Waals surface area contributed by atoms with Crippen LogP contribution in [-0.4, -0.2) is 0 Å².